The zero-order valence-corrected chi connectivity index (χ0v) is 14.1. The van der Waals surface area contributed by atoms with Crippen LogP contribution < -0.4 is 10.2 Å². The van der Waals surface area contributed by atoms with Crippen LogP contribution in [0.5, 0.6) is 0 Å². The van der Waals surface area contributed by atoms with E-state index in [1.165, 1.54) is 23.7 Å². The lowest BCUT2D eigenvalue weighted by molar-refractivity contribution is -0.124. The second kappa shape index (κ2) is 7.29. The second-order valence-electron chi connectivity index (χ2n) is 5.25. The first-order valence-electron chi connectivity index (χ1n) is 7.15. The van der Waals surface area contributed by atoms with E-state index in [4.69, 9.17) is 5.21 Å². The molecule has 0 fully saturated rings. The molecule has 0 aliphatic heterocycles. The van der Waals surface area contributed by atoms with Gasteiger partial charge in [0.1, 0.15) is 0 Å². The molecule has 2 rings (SSSR count). The summed E-state index contributed by atoms with van der Waals surface area (Å²) in [5, 5.41) is 8.46. The number of nitrogens with one attached hydrogen (secondary N) is 2. The van der Waals surface area contributed by atoms with Crippen LogP contribution in [-0.2, 0) is 14.8 Å². The largest absolute Gasteiger partial charge is 0.288 e. The van der Waals surface area contributed by atoms with Gasteiger partial charge < -0.3 is 0 Å². The van der Waals surface area contributed by atoms with Gasteiger partial charge in [-0.1, -0.05) is 30.3 Å². The Kier molecular flexibility index (Phi) is 5.38. The summed E-state index contributed by atoms with van der Waals surface area (Å²) in [5.41, 5.74) is 4.20. The van der Waals surface area contributed by atoms with Crippen LogP contribution in [0.25, 0.3) is 6.08 Å². The first-order valence-corrected chi connectivity index (χ1v) is 8.63. The summed E-state index contributed by atoms with van der Waals surface area (Å²) in [6, 6.07) is 11.7. The van der Waals surface area contributed by atoms with Crippen LogP contribution in [0.1, 0.15) is 16.7 Å². The molecule has 0 heterocycles. The van der Waals surface area contributed by atoms with Crippen LogP contribution in [0.15, 0.2) is 53.4 Å². The Morgan fingerprint density at radius 2 is 1.71 bits per heavy atom. The van der Waals surface area contributed by atoms with Crippen molar-refractivity contribution in [3.05, 3.63) is 65.2 Å². The van der Waals surface area contributed by atoms with Crippen molar-refractivity contribution in [3.63, 3.8) is 0 Å². The Hall–Kier alpha value is -2.64. The van der Waals surface area contributed by atoms with E-state index in [9.17, 15) is 13.2 Å². The molecule has 2 aromatic carbocycles. The lowest BCUT2D eigenvalue weighted by Crippen LogP contribution is -2.15. The molecule has 0 bridgehead atoms. The van der Waals surface area contributed by atoms with Crippen LogP contribution in [0.3, 0.4) is 0 Å². The number of amides is 1. The third-order valence-electron chi connectivity index (χ3n) is 3.42. The molecule has 7 heteroatoms. The molecule has 6 nitrogen and oxygen atoms in total. The molecule has 3 N–H and O–H groups in total. The van der Waals surface area contributed by atoms with Gasteiger partial charge in [0.15, 0.2) is 0 Å². The molecule has 1 amide bonds. The maximum atomic E-state index is 12.6. The van der Waals surface area contributed by atoms with E-state index in [0.717, 1.165) is 17.2 Å². The van der Waals surface area contributed by atoms with Gasteiger partial charge in [0.2, 0.25) is 0 Å². The number of benzene rings is 2. The number of carbonyl (C=O) groups excluding carboxylic acids is 1. The minimum atomic E-state index is -3.76. The average Bonchev–Trinajstić information content (AvgIpc) is 2.56. The summed E-state index contributed by atoms with van der Waals surface area (Å²) in [7, 11) is -3.76. The van der Waals surface area contributed by atoms with Crippen molar-refractivity contribution in [3.8, 4) is 0 Å². The smallest absolute Gasteiger partial charge is 0.267 e. The van der Waals surface area contributed by atoms with E-state index in [0.29, 0.717) is 11.3 Å². The number of aryl methyl sites for hydroxylation is 2. The lowest BCUT2D eigenvalue weighted by Gasteiger charge is -2.13. The molecule has 0 aromatic heterocycles. The fourth-order valence-electron chi connectivity index (χ4n) is 2.16. The quantitative estimate of drug-likeness (QED) is 0.440. The number of hydrogen-bond donors (Lipinski definition) is 3. The van der Waals surface area contributed by atoms with Gasteiger partial charge in [-0.3, -0.25) is 14.7 Å². The third kappa shape index (κ3) is 4.21. The predicted octanol–water partition coefficient (Wildman–Crippen LogP) is 2.62. The normalized spacial score (nSPS) is 11.5. The van der Waals surface area contributed by atoms with E-state index >= 15 is 0 Å². The van der Waals surface area contributed by atoms with Gasteiger partial charge in [0.05, 0.1) is 10.6 Å². The molecule has 126 valence electrons. The minimum Gasteiger partial charge on any atom is -0.288 e. The standard InChI is InChI=1S/C17H18N2O4S/c1-12-5-3-6-13(2)17(12)19-24(22,23)15-8-4-7-14(11-15)9-10-16(20)18-21/h3-11,19,21H,1-2H3,(H,18,20). The Balaban J connectivity index is 2.33. The molecule has 24 heavy (non-hydrogen) atoms. The monoisotopic (exact) mass is 346 g/mol. The second-order valence-corrected chi connectivity index (χ2v) is 6.94. The van der Waals surface area contributed by atoms with Gasteiger partial charge >= 0.3 is 0 Å². The van der Waals surface area contributed by atoms with Gasteiger partial charge in [-0.2, -0.15) is 0 Å². The van der Waals surface area contributed by atoms with Crippen LogP contribution in [0, 0.1) is 13.8 Å². The number of carbonyl (C=O) groups is 1. The van der Waals surface area contributed by atoms with Gasteiger partial charge in [-0.25, -0.2) is 13.9 Å². The van der Waals surface area contributed by atoms with Crippen molar-refractivity contribution in [2.24, 2.45) is 0 Å². The number of anilines is 1. The lowest BCUT2D eigenvalue weighted by atomic mass is 10.1. The summed E-state index contributed by atoms with van der Waals surface area (Å²) < 4.78 is 27.8. The van der Waals surface area contributed by atoms with E-state index in [-0.39, 0.29) is 4.90 Å². The average molecular weight is 346 g/mol. The number of sulfonamides is 1. The summed E-state index contributed by atoms with van der Waals surface area (Å²) >= 11 is 0. The van der Waals surface area contributed by atoms with Crippen molar-refractivity contribution in [2.45, 2.75) is 18.7 Å². The van der Waals surface area contributed by atoms with E-state index < -0.39 is 15.9 Å². The van der Waals surface area contributed by atoms with Crippen LogP contribution in [-0.4, -0.2) is 19.5 Å². The van der Waals surface area contributed by atoms with Crippen LogP contribution in [0.2, 0.25) is 0 Å². The predicted molar refractivity (Wildman–Crippen MR) is 92.1 cm³/mol. The summed E-state index contributed by atoms with van der Waals surface area (Å²) in [4.78, 5) is 11.1. The van der Waals surface area contributed by atoms with E-state index in [1.54, 1.807) is 12.1 Å². The number of para-hydroxylation sites is 1. The summed E-state index contributed by atoms with van der Waals surface area (Å²) in [6.45, 7) is 3.66. The molecule has 0 aliphatic rings. The van der Waals surface area contributed by atoms with Gasteiger partial charge in [0, 0.05) is 6.08 Å². The molecular weight excluding hydrogens is 328 g/mol. The summed E-state index contributed by atoms with van der Waals surface area (Å²) in [6.07, 6.45) is 2.51. The molecule has 0 unspecified atom stereocenters. The fourth-order valence-corrected chi connectivity index (χ4v) is 3.42. The fraction of sp³-hybridized carbons (Fsp3) is 0.118. The highest BCUT2D eigenvalue weighted by atomic mass is 32.2. The maximum Gasteiger partial charge on any atom is 0.267 e. The number of rotatable bonds is 5. The SMILES string of the molecule is Cc1cccc(C)c1NS(=O)(=O)c1cccc(C=CC(=O)NO)c1. The van der Waals surface area contributed by atoms with Crippen molar-refractivity contribution < 1.29 is 18.4 Å². The Morgan fingerprint density at radius 3 is 2.33 bits per heavy atom. The molecule has 0 spiro atoms. The highest BCUT2D eigenvalue weighted by Crippen LogP contribution is 2.23. The van der Waals surface area contributed by atoms with Gasteiger partial charge in [0.25, 0.3) is 15.9 Å². The molecule has 0 radical (unpaired) electrons. The molecule has 2 aromatic rings. The highest BCUT2D eigenvalue weighted by Gasteiger charge is 2.16. The van der Waals surface area contributed by atoms with Crippen molar-refractivity contribution in [1.29, 1.82) is 0 Å². The Labute approximate surface area is 140 Å². The van der Waals surface area contributed by atoms with Crippen molar-refractivity contribution >= 4 is 27.7 Å². The van der Waals surface area contributed by atoms with Gasteiger partial charge in [-0.15, -0.1) is 0 Å². The number of hydrogen-bond acceptors (Lipinski definition) is 4. The van der Waals surface area contributed by atoms with Gasteiger partial charge in [-0.05, 0) is 48.7 Å². The molecule has 0 atom stereocenters. The number of hydroxylamine groups is 1. The van der Waals surface area contributed by atoms with Crippen LogP contribution in [0.4, 0.5) is 5.69 Å². The molecule has 0 saturated carbocycles. The van der Waals surface area contributed by atoms with Crippen molar-refractivity contribution in [2.75, 3.05) is 4.72 Å². The molecule has 0 aliphatic carbocycles. The first-order chi connectivity index (χ1) is 11.3. The third-order valence-corrected chi connectivity index (χ3v) is 4.77. The first kappa shape index (κ1) is 17.7. The molecule has 0 saturated heterocycles. The minimum absolute atomic E-state index is 0.0803. The van der Waals surface area contributed by atoms with E-state index in [2.05, 4.69) is 4.72 Å². The zero-order chi connectivity index (χ0) is 17.7. The maximum absolute atomic E-state index is 12.6. The Bertz CT molecular complexity index is 869. The zero-order valence-electron chi connectivity index (χ0n) is 13.3. The molecular formula is C17H18N2O4S. The van der Waals surface area contributed by atoms with Crippen LogP contribution >= 0.6 is 0 Å². The van der Waals surface area contributed by atoms with E-state index in [1.807, 2.05) is 32.0 Å². The highest BCUT2D eigenvalue weighted by molar-refractivity contribution is 7.92. The Morgan fingerprint density at radius 1 is 1.08 bits per heavy atom. The van der Waals surface area contributed by atoms with Crippen molar-refractivity contribution in [1.82, 2.24) is 5.48 Å². The topological polar surface area (TPSA) is 95.5 Å². The summed E-state index contributed by atoms with van der Waals surface area (Å²) in [5.74, 6) is -0.697.